The summed E-state index contributed by atoms with van der Waals surface area (Å²) in [5, 5.41) is 6.07. The second-order valence-corrected chi connectivity index (χ2v) is 6.06. The fourth-order valence-corrected chi connectivity index (χ4v) is 2.03. The van der Waals surface area contributed by atoms with Crippen LogP contribution in [0.15, 0.2) is 34.2 Å². The first-order valence-electron chi connectivity index (χ1n) is 6.67. The topological polar surface area (TPSA) is 126 Å². The summed E-state index contributed by atoms with van der Waals surface area (Å²) in [5.74, 6) is 0.773. The molecular weight excluding hydrogens is 308 g/mol. The minimum atomic E-state index is -4.02. The minimum Gasteiger partial charge on any atom is -0.383 e. The van der Waals surface area contributed by atoms with Crippen molar-refractivity contribution in [3.63, 3.8) is 0 Å². The molecule has 0 aliphatic carbocycles. The van der Waals surface area contributed by atoms with E-state index in [1.165, 1.54) is 12.1 Å². The molecule has 1 aromatic rings. The van der Waals surface area contributed by atoms with Gasteiger partial charge in [-0.15, -0.1) is 0 Å². The molecule has 1 aliphatic rings. The molecule has 9 heteroatoms. The normalized spacial score (nSPS) is 17.1. The standard InChI is InChI=1S/C7H8O3S.C6H14N4O/c1-6-2-4-7(5-3-6)11(8,9)10;1-11-3-2-8-6-9-4-5(7)10-6/h2-5H,1H3,(H,8,9,10);5H,2-4,7H2,1H3,(H2,8,9,10). The summed E-state index contributed by atoms with van der Waals surface area (Å²) in [6.07, 6.45) is -0.0972. The van der Waals surface area contributed by atoms with Crippen LogP contribution in [-0.4, -0.2) is 51.9 Å². The molecule has 22 heavy (non-hydrogen) atoms. The maximum absolute atomic E-state index is 10.5. The van der Waals surface area contributed by atoms with Crippen LogP contribution in [0.1, 0.15) is 5.56 Å². The highest BCUT2D eigenvalue weighted by Crippen LogP contribution is 2.08. The Hall–Kier alpha value is -1.68. The van der Waals surface area contributed by atoms with E-state index in [2.05, 4.69) is 15.6 Å². The zero-order valence-electron chi connectivity index (χ0n) is 12.6. The van der Waals surface area contributed by atoms with Crippen LogP contribution in [0.4, 0.5) is 0 Å². The van der Waals surface area contributed by atoms with Crippen LogP contribution >= 0.6 is 0 Å². The van der Waals surface area contributed by atoms with Crippen LogP contribution in [0, 0.1) is 6.92 Å². The maximum atomic E-state index is 10.5. The average molecular weight is 330 g/mol. The summed E-state index contributed by atoms with van der Waals surface area (Å²) in [6.45, 7) is 3.99. The molecule has 0 saturated heterocycles. The highest BCUT2D eigenvalue weighted by atomic mass is 32.2. The van der Waals surface area contributed by atoms with Crippen molar-refractivity contribution in [1.29, 1.82) is 0 Å². The van der Waals surface area contributed by atoms with Gasteiger partial charge in [0.2, 0.25) is 0 Å². The molecule has 0 aromatic heterocycles. The van der Waals surface area contributed by atoms with Gasteiger partial charge in [0.1, 0.15) is 6.17 Å². The van der Waals surface area contributed by atoms with E-state index in [9.17, 15) is 8.42 Å². The van der Waals surface area contributed by atoms with E-state index in [-0.39, 0.29) is 11.1 Å². The summed E-state index contributed by atoms with van der Waals surface area (Å²) in [4.78, 5) is 4.01. The summed E-state index contributed by atoms with van der Waals surface area (Å²) in [5.41, 5.74) is 6.46. The number of aryl methyl sites for hydroxylation is 1. The second kappa shape index (κ2) is 8.69. The van der Waals surface area contributed by atoms with Crippen LogP contribution < -0.4 is 16.4 Å². The SMILES string of the molecule is COCCNC1=NC(N)CN1.Cc1ccc(S(=O)(=O)O)cc1. The van der Waals surface area contributed by atoms with Gasteiger partial charge in [-0.2, -0.15) is 8.42 Å². The Balaban J connectivity index is 0.000000220. The number of methoxy groups -OCH3 is 1. The number of benzene rings is 1. The highest BCUT2D eigenvalue weighted by Gasteiger charge is 2.10. The molecule has 1 aliphatic heterocycles. The van der Waals surface area contributed by atoms with E-state index in [4.69, 9.17) is 15.0 Å². The van der Waals surface area contributed by atoms with Crippen molar-refractivity contribution in [2.24, 2.45) is 10.7 Å². The number of hydrogen-bond donors (Lipinski definition) is 4. The number of ether oxygens (including phenoxy) is 1. The van der Waals surface area contributed by atoms with Crippen molar-refractivity contribution in [3.05, 3.63) is 29.8 Å². The van der Waals surface area contributed by atoms with Crippen LogP contribution in [0.5, 0.6) is 0 Å². The molecule has 0 radical (unpaired) electrons. The van der Waals surface area contributed by atoms with E-state index in [1.807, 2.05) is 6.92 Å². The van der Waals surface area contributed by atoms with Gasteiger partial charge in [0.25, 0.3) is 10.1 Å². The first-order valence-corrected chi connectivity index (χ1v) is 8.11. The summed E-state index contributed by atoms with van der Waals surface area (Å²) in [7, 11) is -2.36. The van der Waals surface area contributed by atoms with Gasteiger partial charge in [-0.1, -0.05) is 17.7 Å². The zero-order valence-corrected chi connectivity index (χ0v) is 13.4. The van der Waals surface area contributed by atoms with Crippen molar-refractivity contribution >= 4 is 16.1 Å². The van der Waals surface area contributed by atoms with Crippen molar-refractivity contribution < 1.29 is 17.7 Å². The Kier molecular flexibility index (Phi) is 7.25. The lowest BCUT2D eigenvalue weighted by Gasteiger charge is -2.03. The third-order valence-corrected chi connectivity index (χ3v) is 3.56. The predicted octanol–water partition coefficient (Wildman–Crippen LogP) is -0.292. The maximum Gasteiger partial charge on any atom is 0.294 e. The Labute approximate surface area is 130 Å². The molecule has 1 aromatic carbocycles. The zero-order chi connectivity index (χ0) is 16.6. The Morgan fingerprint density at radius 2 is 2.09 bits per heavy atom. The number of rotatable bonds is 4. The molecule has 2 rings (SSSR count). The lowest BCUT2D eigenvalue weighted by molar-refractivity contribution is 0.203. The molecule has 0 amide bonds. The molecule has 1 heterocycles. The van der Waals surface area contributed by atoms with Crippen molar-refractivity contribution in [1.82, 2.24) is 10.6 Å². The quantitative estimate of drug-likeness (QED) is 0.441. The van der Waals surface area contributed by atoms with Gasteiger partial charge >= 0.3 is 0 Å². The van der Waals surface area contributed by atoms with Crippen LogP contribution in [0.25, 0.3) is 0 Å². The van der Waals surface area contributed by atoms with Gasteiger partial charge < -0.3 is 21.1 Å². The Morgan fingerprint density at radius 1 is 1.45 bits per heavy atom. The highest BCUT2D eigenvalue weighted by molar-refractivity contribution is 7.85. The summed E-state index contributed by atoms with van der Waals surface area (Å²) < 4.78 is 34.4. The van der Waals surface area contributed by atoms with Crippen molar-refractivity contribution in [3.8, 4) is 0 Å². The van der Waals surface area contributed by atoms with Crippen LogP contribution in [0.2, 0.25) is 0 Å². The third-order valence-electron chi connectivity index (χ3n) is 2.69. The molecule has 8 nitrogen and oxygen atoms in total. The van der Waals surface area contributed by atoms with Crippen molar-refractivity contribution in [2.45, 2.75) is 18.0 Å². The molecule has 5 N–H and O–H groups in total. The van der Waals surface area contributed by atoms with E-state index in [0.717, 1.165) is 24.6 Å². The number of guanidine groups is 1. The van der Waals surface area contributed by atoms with Gasteiger partial charge in [0.15, 0.2) is 5.96 Å². The number of nitrogens with two attached hydrogens (primary N) is 1. The molecular formula is C13H22N4O4S. The summed E-state index contributed by atoms with van der Waals surface area (Å²) >= 11 is 0. The van der Waals surface area contributed by atoms with Crippen molar-refractivity contribution in [2.75, 3.05) is 26.8 Å². The predicted molar refractivity (Wildman–Crippen MR) is 84.3 cm³/mol. The largest absolute Gasteiger partial charge is 0.383 e. The molecule has 0 bridgehead atoms. The van der Waals surface area contributed by atoms with Crippen LogP contribution in [0.3, 0.4) is 0 Å². The smallest absolute Gasteiger partial charge is 0.294 e. The first kappa shape index (κ1) is 18.4. The second-order valence-electron chi connectivity index (χ2n) is 4.63. The molecule has 0 fully saturated rings. The average Bonchev–Trinajstić information content (AvgIpc) is 2.85. The van der Waals surface area contributed by atoms with Gasteiger partial charge in [0.05, 0.1) is 18.0 Å². The number of hydrogen-bond acceptors (Lipinski definition) is 7. The lowest BCUT2D eigenvalue weighted by atomic mass is 10.2. The van der Waals surface area contributed by atoms with E-state index < -0.39 is 10.1 Å². The van der Waals surface area contributed by atoms with Gasteiger partial charge in [-0.25, -0.2) is 4.99 Å². The third kappa shape index (κ3) is 6.85. The van der Waals surface area contributed by atoms with E-state index in [1.54, 1.807) is 19.2 Å². The molecule has 1 unspecified atom stereocenters. The van der Waals surface area contributed by atoms with E-state index in [0.29, 0.717) is 6.61 Å². The number of nitrogens with zero attached hydrogens (tertiary/aromatic N) is 1. The molecule has 124 valence electrons. The molecule has 0 spiro atoms. The fourth-order valence-electron chi connectivity index (χ4n) is 1.55. The lowest BCUT2D eigenvalue weighted by Crippen LogP contribution is -2.36. The van der Waals surface area contributed by atoms with Crippen LogP contribution in [-0.2, 0) is 14.9 Å². The Bertz CT molecular complexity index is 587. The van der Waals surface area contributed by atoms with Gasteiger partial charge in [-0.05, 0) is 19.1 Å². The van der Waals surface area contributed by atoms with Gasteiger partial charge in [-0.3, -0.25) is 4.55 Å². The fraction of sp³-hybridized carbons (Fsp3) is 0.462. The Morgan fingerprint density at radius 3 is 2.55 bits per heavy atom. The minimum absolute atomic E-state index is 0.0666. The number of aliphatic imine (C=N–C) groups is 1. The monoisotopic (exact) mass is 330 g/mol. The molecule has 0 saturated carbocycles. The number of nitrogens with one attached hydrogen (secondary N) is 2. The summed E-state index contributed by atoms with van der Waals surface area (Å²) in [6, 6.07) is 5.99. The first-order chi connectivity index (χ1) is 10.3. The van der Waals surface area contributed by atoms with Gasteiger partial charge in [0, 0.05) is 13.7 Å². The molecule has 1 atom stereocenters. The van der Waals surface area contributed by atoms with E-state index >= 15 is 0 Å².